The fourth-order valence-corrected chi connectivity index (χ4v) is 2.78. The fourth-order valence-electron chi connectivity index (χ4n) is 2.78. The van der Waals surface area contributed by atoms with Gasteiger partial charge in [0, 0.05) is 12.2 Å². The first-order valence-electron chi connectivity index (χ1n) is 7.52. The van der Waals surface area contributed by atoms with E-state index in [0.717, 1.165) is 17.7 Å². The Balaban J connectivity index is 1.72. The summed E-state index contributed by atoms with van der Waals surface area (Å²) in [5.74, 6) is -1.38. The average molecular weight is 312 g/mol. The number of anilines is 1. The molecule has 1 aliphatic heterocycles. The van der Waals surface area contributed by atoms with Crippen molar-refractivity contribution in [1.29, 1.82) is 0 Å². The summed E-state index contributed by atoms with van der Waals surface area (Å²) in [7, 11) is 0. The van der Waals surface area contributed by atoms with E-state index < -0.39 is 17.8 Å². The highest BCUT2D eigenvalue weighted by atomic mass is 19.1. The third-order valence-corrected chi connectivity index (χ3v) is 3.99. The van der Waals surface area contributed by atoms with Crippen LogP contribution < -0.4 is 10.2 Å². The summed E-state index contributed by atoms with van der Waals surface area (Å²) in [4.78, 5) is 26.4. The van der Waals surface area contributed by atoms with Crippen LogP contribution in [0.15, 0.2) is 48.5 Å². The molecular weight excluding hydrogens is 295 g/mol. The number of rotatable bonds is 3. The Morgan fingerprint density at radius 1 is 1.13 bits per heavy atom. The summed E-state index contributed by atoms with van der Waals surface area (Å²) in [6.45, 7) is 2.21. The van der Waals surface area contributed by atoms with Crippen molar-refractivity contribution < 1.29 is 14.0 Å². The van der Waals surface area contributed by atoms with Crippen LogP contribution in [-0.4, -0.2) is 24.4 Å². The van der Waals surface area contributed by atoms with E-state index in [1.54, 1.807) is 17.9 Å². The van der Waals surface area contributed by atoms with Gasteiger partial charge in [-0.15, -0.1) is 0 Å². The van der Waals surface area contributed by atoms with Gasteiger partial charge < -0.3 is 10.2 Å². The van der Waals surface area contributed by atoms with Gasteiger partial charge in [0.1, 0.15) is 11.9 Å². The zero-order valence-corrected chi connectivity index (χ0v) is 12.8. The van der Waals surface area contributed by atoms with Crippen LogP contribution in [0.5, 0.6) is 0 Å². The van der Waals surface area contributed by atoms with Crippen LogP contribution in [0.3, 0.4) is 0 Å². The molecule has 23 heavy (non-hydrogen) atoms. The molecule has 0 aromatic heterocycles. The number of amides is 2. The van der Waals surface area contributed by atoms with Crippen molar-refractivity contribution in [3.05, 3.63) is 65.5 Å². The number of hydrogen-bond acceptors (Lipinski definition) is 2. The number of halogens is 1. The zero-order chi connectivity index (χ0) is 16.4. The van der Waals surface area contributed by atoms with Crippen LogP contribution in [0.4, 0.5) is 10.1 Å². The van der Waals surface area contributed by atoms with Crippen molar-refractivity contribution in [1.82, 2.24) is 5.32 Å². The number of carbonyl (C=O) groups is 2. The Labute approximate surface area is 133 Å². The van der Waals surface area contributed by atoms with Gasteiger partial charge in [-0.1, -0.05) is 30.3 Å². The number of fused-ring (bicyclic) bond motifs is 1. The molecule has 0 saturated carbocycles. The van der Waals surface area contributed by atoms with Gasteiger partial charge in [-0.3, -0.25) is 9.59 Å². The molecule has 0 spiro atoms. The SMILES string of the molecule is C[C@H](NC(=O)c1ccccc1F)C(=O)N1CCc2ccccc21. The molecule has 3 rings (SSSR count). The van der Waals surface area contributed by atoms with E-state index in [1.807, 2.05) is 24.3 Å². The molecule has 4 nitrogen and oxygen atoms in total. The maximum Gasteiger partial charge on any atom is 0.254 e. The van der Waals surface area contributed by atoms with Crippen LogP contribution >= 0.6 is 0 Å². The van der Waals surface area contributed by atoms with Crippen LogP contribution in [0.25, 0.3) is 0 Å². The van der Waals surface area contributed by atoms with Gasteiger partial charge in [-0.05, 0) is 37.1 Å². The van der Waals surface area contributed by atoms with E-state index in [0.29, 0.717) is 6.54 Å². The molecule has 0 saturated heterocycles. The monoisotopic (exact) mass is 312 g/mol. The standard InChI is InChI=1S/C18H17FN2O2/c1-12(20-17(22)14-7-3-4-8-15(14)19)18(23)21-11-10-13-6-2-5-9-16(13)21/h2-9,12H,10-11H2,1H3,(H,20,22)/t12-/m0/s1. The van der Waals surface area contributed by atoms with Gasteiger partial charge in [0.25, 0.3) is 5.91 Å². The zero-order valence-electron chi connectivity index (χ0n) is 12.8. The Kier molecular flexibility index (Phi) is 4.10. The molecule has 1 atom stereocenters. The molecule has 1 aliphatic rings. The molecule has 0 aliphatic carbocycles. The van der Waals surface area contributed by atoms with Crippen molar-refractivity contribution >= 4 is 17.5 Å². The summed E-state index contributed by atoms with van der Waals surface area (Å²) < 4.78 is 13.6. The van der Waals surface area contributed by atoms with Crippen molar-refractivity contribution in [2.24, 2.45) is 0 Å². The quantitative estimate of drug-likeness (QED) is 0.947. The molecule has 0 fully saturated rings. The van der Waals surface area contributed by atoms with Crippen LogP contribution in [0, 0.1) is 5.82 Å². The number of hydrogen-bond donors (Lipinski definition) is 1. The minimum Gasteiger partial charge on any atom is -0.340 e. The van der Waals surface area contributed by atoms with Crippen molar-refractivity contribution in [3.63, 3.8) is 0 Å². The fraction of sp³-hybridized carbons (Fsp3) is 0.222. The molecule has 0 bridgehead atoms. The van der Waals surface area contributed by atoms with Gasteiger partial charge in [0.2, 0.25) is 5.91 Å². The predicted octanol–water partition coefficient (Wildman–Crippen LogP) is 2.53. The number of nitrogens with zero attached hydrogens (tertiary/aromatic N) is 1. The number of benzene rings is 2. The van der Waals surface area contributed by atoms with E-state index in [2.05, 4.69) is 5.32 Å². The van der Waals surface area contributed by atoms with E-state index >= 15 is 0 Å². The van der Waals surface area contributed by atoms with E-state index in [1.165, 1.54) is 18.2 Å². The largest absolute Gasteiger partial charge is 0.340 e. The molecule has 1 heterocycles. The number of nitrogens with one attached hydrogen (secondary N) is 1. The Morgan fingerprint density at radius 2 is 1.83 bits per heavy atom. The molecule has 5 heteroatoms. The van der Waals surface area contributed by atoms with Gasteiger partial charge in [0.15, 0.2) is 0 Å². The average Bonchev–Trinajstić information content (AvgIpc) is 2.98. The smallest absolute Gasteiger partial charge is 0.254 e. The molecule has 0 unspecified atom stereocenters. The molecule has 0 radical (unpaired) electrons. The van der Waals surface area contributed by atoms with Gasteiger partial charge in [0.05, 0.1) is 5.56 Å². The second kappa shape index (κ2) is 6.20. The predicted molar refractivity (Wildman–Crippen MR) is 85.8 cm³/mol. The number of carbonyl (C=O) groups excluding carboxylic acids is 2. The second-order valence-corrected chi connectivity index (χ2v) is 5.54. The van der Waals surface area contributed by atoms with Crippen LogP contribution in [-0.2, 0) is 11.2 Å². The normalized spacial score (nSPS) is 14.3. The van der Waals surface area contributed by atoms with Gasteiger partial charge in [-0.25, -0.2) is 4.39 Å². The van der Waals surface area contributed by atoms with E-state index in [9.17, 15) is 14.0 Å². The summed E-state index contributed by atoms with van der Waals surface area (Å²) in [5, 5.41) is 2.57. The van der Waals surface area contributed by atoms with E-state index in [-0.39, 0.29) is 11.5 Å². The molecule has 2 amide bonds. The summed E-state index contributed by atoms with van der Waals surface area (Å²) in [6.07, 6.45) is 0.801. The first kappa shape index (κ1) is 15.2. The highest BCUT2D eigenvalue weighted by molar-refractivity contribution is 6.03. The van der Waals surface area contributed by atoms with Crippen molar-refractivity contribution in [2.75, 3.05) is 11.4 Å². The van der Waals surface area contributed by atoms with E-state index in [4.69, 9.17) is 0 Å². The lowest BCUT2D eigenvalue weighted by Gasteiger charge is -2.22. The summed E-state index contributed by atoms with van der Waals surface area (Å²) >= 11 is 0. The molecule has 118 valence electrons. The minimum absolute atomic E-state index is 0.0611. The maximum absolute atomic E-state index is 13.6. The Morgan fingerprint density at radius 3 is 2.61 bits per heavy atom. The second-order valence-electron chi connectivity index (χ2n) is 5.54. The maximum atomic E-state index is 13.6. The summed E-state index contributed by atoms with van der Waals surface area (Å²) in [6, 6.07) is 12.7. The van der Waals surface area contributed by atoms with Crippen LogP contribution in [0.1, 0.15) is 22.8 Å². The van der Waals surface area contributed by atoms with Crippen LogP contribution in [0.2, 0.25) is 0 Å². The Bertz CT molecular complexity index is 760. The molecule has 2 aromatic carbocycles. The topological polar surface area (TPSA) is 49.4 Å². The molecule has 2 aromatic rings. The number of para-hydroxylation sites is 1. The highest BCUT2D eigenvalue weighted by Gasteiger charge is 2.28. The minimum atomic E-state index is -0.728. The molecular formula is C18H17FN2O2. The van der Waals surface area contributed by atoms with Gasteiger partial charge in [-0.2, -0.15) is 0 Å². The lowest BCUT2D eigenvalue weighted by molar-refractivity contribution is -0.119. The molecule has 1 N–H and O–H groups in total. The lowest BCUT2D eigenvalue weighted by Crippen LogP contribution is -2.46. The van der Waals surface area contributed by atoms with Gasteiger partial charge >= 0.3 is 0 Å². The van der Waals surface area contributed by atoms with Crippen molar-refractivity contribution in [2.45, 2.75) is 19.4 Å². The third kappa shape index (κ3) is 2.95. The lowest BCUT2D eigenvalue weighted by atomic mass is 10.1. The third-order valence-electron chi connectivity index (χ3n) is 3.99. The highest BCUT2D eigenvalue weighted by Crippen LogP contribution is 2.27. The van der Waals surface area contributed by atoms with Crippen molar-refractivity contribution in [3.8, 4) is 0 Å². The first-order valence-corrected chi connectivity index (χ1v) is 7.52. The first-order chi connectivity index (χ1) is 11.1. The Hall–Kier alpha value is -2.69. The summed E-state index contributed by atoms with van der Waals surface area (Å²) in [5.41, 5.74) is 1.94.